The van der Waals surface area contributed by atoms with Crippen molar-refractivity contribution in [2.75, 3.05) is 18.9 Å². The van der Waals surface area contributed by atoms with Gasteiger partial charge in [0.2, 0.25) is 0 Å². The molecule has 0 fully saturated rings. The van der Waals surface area contributed by atoms with Gasteiger partial charge in [0.25, 0.3) is 5.91 Å². The molecule has 3 heterocycles. The number of thiophene rings is 1. The number of rotatable bonds is 3. The minimum Gasteiger partial charge on any atom is -0.423 e. The van der Waals surface area contributed by atoms with E-state index in [4.69, 9.17) is 4.74 Å². The summed E-state index contributed by atoms with van der Waals surface area (Å²) >= 11 is 1.69. The summed E-state index contributed by atoms with van der Waals surface area (Å²) in [6, 6.07) is 20.6. The maximum atomic E-state index is 12.9. The van der Waals surface area contributed by atoms with Crippen LogP contribution in [-0.2, 0) is 13.0 Å². The number of ether oxygens (including phenoxy) is 1. The van der Waals surface area contributed by atoms with E-state index >= 15 is 0 Å². The summed E-state index contributed by atoms with van der Waals surface area (Å²) in [5.74, 6) is 0.0407. The molecule has 170 valence electrons. The van der Waals surface area contributed by atoms with Crippen LogP contribution in [0.4, 0.5) is 5.00 Å². The maximum absolute atomic E-state index is 12.9. The van der Waals surface area contributed by atoms with Gasteiger partial charge in [-0.05, 0) is 40.1 Å². The summed E-state index contributed by atoms with van der Waals surface area (Å²) in [5.41, 5.74) is 3.44. The molecule has 3 N–H and O–H groups in total. The minimum absolute atomic E-state index is 0.0257. The summed E-state index contributed by atoms with van der Waals surface area (Å²) in [5, 5.41) is 9.38. The third-order valence-corrected chi connectivity index (χ3v) is 7.73. The number of quaternary nitrogens is 1. The van der Waals surface area contributed by atoms with Crippen molar-refractivity contribution in [3.05, 3.63) is 93.9 Å². The Kier molecular flexibility index (Phi) is 5.08. The van der Waals surface area contributed by atoms with E-state index in [1.54, 1.807) is 29.5 Å². The van der Waals surface area contributed by atoms with E-state index in [0.717, 1.165) is 46.4 Å². The average molecular weight is 471 g/mol. The number of carbonyl (C=O) groups excluding carboxylic acids is 2. The fourth-order valence-corrected chi connectivity index (χ4v) is 6.18. The fourth-order valence-electron chi connectivity index (χ4n) is 4.79. The molecule has 6 rings (SSSR count). The fraction of sp³-hybridized carbons (Fsp3) is 0.185. The molecule has 0 saturated carbocycles. The van der Waals surface area contributed by atoms with Gasteiger partial charge in [0.1, 0.15) is 23.5 Å². The molecule has 3 aromatic carbocycles. The predicted octanol–water partition coefficient (Wildman–Crippen LogP) is 3.55. The van der Waals surface area contributed by atoms with Crippen LogP contribution in [0.15, 0.2) is 66.7 Å². The molecule has 2 unspecified atom stereocenters. The van der Waals surface area contributed by atoms with Gasteiger partial charge in [-0.2, -0.15) is 0 Å². The van der Waals surface area contributed by atoms with E-state index in [2.05, 4.69) is 17.7 Å². The third-order valence-electron chi connectivity index (χ3n) is 6.57. The van der Waals surface area contributed by atoms with Gasteiger partial charge >= 0.3 is 5.97 Å². The second kappa shape index (κ2) is 8.27. The highest BCUT2D eigenvalue weighted by molar-refractivity contribution is 7.16. The zero-order valence-electron chi connectivity index (χ0n) is 18.7. The highest BCUT2D eigenvalue weighted by Crippen LogP contribution is 2.39. The van der Waals surface area contributed by atoms with Crippen LogP contribution in [0.25, 0.3) is 10.8 Å². The van der Waals surface area contributed by atoms with Gasteiger partial charge in [0.05, 0.1) is 29.6 Å². The molecule has 0 saturated heterocycles. The molecular weight excluding hydrogens is 446 g/mol. The first-order valence-electron chi connectivity index (χ1n) is 11.4. The zero-order valence-corrected chi connectivity index (χ0v) is 19.5. The number of nitrogens with one attached hydrogen (secondary N) is 3. The lowest BCUT2D eigenvalue weighted by molar-refractivity contribution is -0.895. The Labute approximate surface area is 201 Å². The number of hydrogen-bond acceptors (Lipinski definition) is 5. The van der Waals surface area contributed by atoms with Gasteiger partial charge in [-0.25, -0.2) is 4.79 Å². The Morgan fingerprint density at radius 3 is 2.68 bits per heavy atom. The van der Waals surface area contributed by atoms with Crippen molar-refractivity contribution in [3.8, 4) is 5.75 Å². The first kappa shape index (κ1) is 20.9. The monoisotopic (exact) mass is 470 g/mol. The van der Waals surface area contributed by atoms with Crippen LogP contribution in [0.5, 0.6) is 5.75 Å². The van der Waals surface area contributed by atoms with Gasteiger partial charge in [-0.3, -0.25) is 4.79 Å². The molecule has 4 aromatic rings. The van der Waals surface area contributed by atoms with Crippen LogP contribution in [0.3, 0.4) is 0 Å². The molecule has 1 aromatic heterocycles. The van der Waals surface area contributed by atoms with E-state index in [9.17, 15) is 9.59 Å². The van der Waals surface area contributed by atoms with Crippen molar-refractivity contribution in [2.45, 2.75) is 19.1 Å². The molecule has 7 heteroatoms. The average Bonchev–Trinajstić information content (AvgIpc) is 3.22. The first-order chi connectivity index (χ1) is 16.6. The lowest BCUT2D eigenvalue weighted by Crippen LogP contribution is -3.08. The van der Waals surface area contributed by atoms with Crippen molar-refractivity contribution < 1.29 is 19.2 Å². The molecule has 2 atom stereocenters. The number of likely N-dealkylation sites (N-methyl/N-ethyl adjacent to an activating group) is 1. The van der Waals surface area contributed by atoms with Gasteiger partial charge < -0.3 is 20.3 Å². The number of carbonyl (C=O) groups is 2. The second-order valence-electron chi connectivity index (χ2n) is 8.88. The van der Waals surface area contributed by atoms with Crippen LogP contribution < -0.4 is 20.3 Å². The molecule has 0 aliphatic carbocycles. The van der Waals surface area contributed by atoms with Crippen LogP contribution in [0.1, 0.15) is 42.9 Å². The Hall–Kier alpha value is -3.68. The molecule has 2 aliphatic heterocycles. The van der Waals surface area contributed by atoms with Crippen molar-refractivity contribution in [3.63, 3.8) is 0 Å². The zero-order chi connectivity index (χ0) is 23.2. The lowest BCUT2D eigenvalue weighted by Gasteiger charge is -2.27. The number of anilines is 1. The summed E-state index contributed by atoms with van der Waals surface area (Å²) in [6.45, 7) is 2.01. The number of hydrogen-bond donors (Lipinski definition) is 3. The Bertz CT molecular complexity index is 1420. The third kappa shape index (κ3) is 3.63. The van der Waals surface area contributed by atoms with Crippen LogP contribution >= 0.6 is 11.3 Å². The van der Waals surface area contributed by atoms with Gasteiger partial charge in [0, 0.05) is 6.42 Å². The summed E-state index contributed by atoms with van der Waals surface area (Å²) < 4.78 is 5.65. The maximum Gasteiger partial charge on any atom is 0.344 e. The topological polar surface area (TPSA) is 71.9 Å². The summed E-state index contributed by atoms with van der Waals surface area (Å²) in [7, 11) is 2.19. The first-order valence-corrected chi connectivity index (χ1v) is 12.2. The summed E-state index contributed by atoms with van der Waals surface area (Å²) in [6.07, 6.45) is 0.608. The summed E-state index contributed by atoms with van der Waals surface area (Å²) in [4.78, 5) is 28.5. The molecule has 0 radical (unpaired) electrons. The Balaban J connectivity index is 1.20. The largest absolute Gasteiger partial charge is 0.423 e. The number of benzene rings is 3. The van der Waals surface area contributed by atoms with E-state index in [1.807, 2.05) is 48.5 Å². The van der Waals surface area contributed by atoms with Crippen molar-refractivity contribution in [1.82, 2.24) is 5.32 Å². The highest BCUT2D eigenvalue weighted by atomic mass is 32.1. The van der Waals surface area contributed by atoms with Gasteiger partial charge in [-0.15, -0.1) is 11.3 Å². The van der Waals surface area contributed by atoms with E-state index in [1.165, 1.54) is 15.3 Å². The molecular formula is C27H24N3O3S+. The predicted molar refractivity (Wildman–Crippen MR) is 133 cm³/mol. The molecule has 1 amide bonds. The van der Waals surface area contributed by atoms with Gasteiger partial charge in [0.15, 0.2) is 0 Å². The Morgan fingerprint density at radius 1 is 1.03 bits per heavy atom. The van der Waals surface area contributed by atoms with Crippen molar-refractivity contribution >= 4 is 39.0 Å². The quantitative estimate of drug-likeness (QED) is 0.316. The molecule has 6 nitrogen and oxygen atoms in total. The van der Waals surface area contributed by atoms with E-state index in [0.29, 0.717) is 11.3 Å². The Morgan fingerprint density at radius 2 is 1.82 bits per heavy atom. The van der Waals surface area contributed by atoms with Crippen LogP contribution in [-0.4, -0.2) is 25.5 Å². The molecule has 0 bridgehead atoms. The highest BCUT2D eigenvalue weighted by Gasteiger charge is 2.33. The standard InChI is InChI=1S/C27H23N3O3S/c1-30-14-13-21-22(15-30)34-26-23(21)25(31)28-24(29-26)17-9-11-18(12-10-17)33-27(32)20-8-4-6-16-5-2-3-7-19(16)20/h2-12,24,29H,13-15H2,1H3,(H,28,31)/p+1. The second-order valence-corrected chi connectivity index (χ2v) is 9.98. The molecule has 34 heavy (non-hydrogen) atoms. The molecule has 2 aliphatic rings. The number of fused-ring (bicyclic) bond motifs is 4. The number of amides is 1. The van der Waals surface area contributed by atoms with Crippen molar-refractivity contribution in [1.29, 1.82) is 0 Å². The normalized spacial score (nSPS) is 19.0. The molecule has 0 spiro atoms. The lowest BCUT2D eigenvalue weighted by atomic mass is 10.0. The van der Waals surface area contributed by atoms with E-state index < -0.39 is 5.97 Å². The van der Waals surface area contributed by atoms with Crippen LogP contribution in [0, 0.1) is 0 Å². The number of esters is 1. The van der Waals surface area contributed by atoms with Crippen LogP contribution in [0.2, 0.25) is 0 Å². The van der Waals surface area contributed by atoms with Gasteiger partial charge in [-0.1, -0.05) is 48.5 Å². The minimum atomic E-state index is -0.394. The van der Waals surface area contributed by atoms with Crippen molar-refractivity contribution in [2.24, 2.45) is 0 Å². The SMILES string of the molecule is C[NH+]1CCc2c(sc3c2C(=O)NC(c2ccc(OC(=O)c4cccc5ccccc45)cc2)N3)C1. The van der Waals surface area contributed by atoms with E-state index in [-0.39, 0.29) is 12.1 Å². The smallest absolute Gasteiger partial charge is 0.344 e.